The predicted octanol–water partition coefficient (Wildman–Crippen LogP) is 1.61. The van der Waals surface area contributed by atoms with Gasteiger partial charge in [0.15, 0.2) is 0 Å². The highest BCUT2D eigenvalue weighted by Gasteiger charge is 2.67. The van der Waals surface area contributed by atoms with Crippen LogP contribution in [0.25, 0.3) is 0 Å². The number of amides is 1. The molecular formula is C26H35FN4O6S2. The Kier molecular flexibility index (Phi) is 5.79. The SMILES string of the molecule is CC1(C)OC(=NC23CC4CC2CC(C(N)=O)(C4)C3)NS(=O)(=O)C1Cc1ccc(C2CN(S(C)(=O)=O)C2)cc1F. The van der Waals surface area contributed by atoms with E-state index in [1.54, 1.807) is 26.0 Å². The van der Waals surface area contributed by atoms with Gasteiger partial charge in [-0.25, -0.2) is 35.2 Å². The third-order valence-corrected chi connectivity index (χ3v) is 13.0. The molecule has 7 rings (SSSR count). The first kappa shape index (κ1) is 26.9. The fraction of sp³-hybridized carbons (Fsp3) is 0.692. The van der Waals surface area contributed by atoms with Gasteiger partial charge in [0.05, 0.1) is 17.2 Å². The molecule has 13 heteroatoms. The maximum absolute atomic E-state index is 15.1. The summed E-state index contributed by atoms with van der Waals surface area (Å²) < 4.78 is 75.3. The maximum atomic E-state index is 15.1. The molecule has 1 aromatic rings. The fourth-order valence-corrected chi connectivity index (χ4v) is 10.5. The largest absolute Gasteiger partial charge is 0.457 e. The molecular weight excluding hydrogens is 547 g/mol. The molecule has 6 fully saturated rings. The Morgan fingerprint density at radius 2 is 1.97 bits per heavy atom. The van der Waals surface area contributed by atoms with Crippen molar-refractivity contribution >= 4 is 32.0 Å². The minimum Gasteiger partial charge on any atom is -0.457 e. The first-order valence-electron chi connectivity index (χ1n) is 13.4. The Morgan fingerprint density at radius 3 is 2.59 bits per heavy atom. The van der Waals surface area contributed by atoms with Crippen molar-refractivity contribution in [2.75, 3.05) is 19.3 Å². The van der Waals surface area contributed by atoms with Crippen LogP contribution in [0.4, 0.5) is 4.39 Å². The standard InChI is InChI=1S/C26H35FN4O6S2/c1-24(2)21(8-17-5-4-16(7-20(17)27)18-12-31(13-18)38(3,33)34)39(35,36)30-23(37-24)29-26-10-15-6-19(26)11-25(9-15,14-26)22(28)32/h4-5,7,15,18-19,21H,6,8-14H2,1-3H3,(H2,28,32)(H,29,30). The number of carbonyl (C=O) groups is 1. The molecule has 2 heterocycles. The summed E-state index contributed by atoms with van der Waals surface area (Å²) in [6.07, 6.45) is 4.73. The van der Waals surface area contributed by atoms with Crippen LogP contribution in [0.2, 0.25) is 0 Å². The number of halogens is 1. The summed E-state index contributed by atoms with van der Waals surface area (Å²) in [6, 6.07) is 4.59. The topological polar surface area (TPSA) is 148 Å². The van der Waals surface area contributed by atoms with Crippen LogP contribution in [-0.2, 0) is 36.0 Å². The third kappa shape index (κ3) is 4.35. The van der Waals surface area contributed by atoms with Gasteiger partial charge in [-0.1, -0.05) is 12.1 Å². The van der Waals surface area contributed by atoms with E-state index < -0.39 is 47.7 Å². The Balaban J connectivity index is 1.20. The van der Waals surface area contributed by atoms with Crippen LogP contribution >= 0.6 is 0 Å². The van der Waals surface area contributed by atoms with Crippen LogP contribution < -0.4 is 10.5 Å². The summed E-state index contributed by atoms with van der Waals surface area (Å²) in [5.74, 6) is -0.433. The zero-order valence-corrected chi connectivity index (χ0v) is 23.9. The summed E-state index contributed by atoms with van der Waals surface area (Å²) in [5.41, 5.74) is 4.35. The van der Waals surface area contributed by atoms with Crippen molar-refractivity contribution in [3.63, 3.8) is 0 Å². The Bertz CT molecular complexity index is 1490. The summed E-state index contributed by atoms with van der Waals surface area (Å²) in [7, 11) is -7.26. The molecule has 1 amide bonds. The number of nitrogens with zero attached hydrogens (tertiary/aromatic N) is 2. The number of primary amides is 1. The van der Waals surface area contributed by atoms with Crippen LogP contribution in [0.15, 0.2) is 23.2 Å². The second kappa shape index (κ2) is 8.39. The average Bonchev–Trinajstić information content (AvgIpc) is 3.10. The highest BCUT2D eigenvalue weighted by Crippen LogP contribution is 2.67. The molecule has 2 aliphatic heterocycles. The van der Waals surface area contributed by atoms with Crippen LogP contribution in [-0.4, -0.2) is 68.8 Å². The van der Waals surface area contributed by atoms with Crippen molar-refractivity contribution in [1.29, 1.82) is 0 Å². The molecule has 1 aromatic carbocycles. The highest BCUT2D eigenvalue weighted by atomic mass is 32.2. The normalized spacial score (nSPS) is 37.8. The van der Waals surface area contributed by atoms with Gasteiger partial charge >= 0.3 is 0 Å². The summed E-state index contributed by atoms with van der Waals surface area (Å²) in [5, 5.41) is -1.08. The van der Waals surface area contributed by atoms with Gasteiger partial charge in [-0.05, 0) is 81.4 Å². The van der Waals surface area contributed by atoms with Crippen LogP contribution in [0, 0.1) is 23.1 Å². The molecule has 5 atom stereocenters. The van der Waals surface area contributed by atoms with Crippen molar-refractivity contribution < 1.29 is 30.8 Å². The average molecular weight is 583 g/mol. The molecule has 0 aromatic heterocycles. The molecule has 4 saturated carbocycles. The number of ether oxygens (including phenoxy) is 1. The van der Waals surface area contributed by atoms with Gasteiger partial charge in [0, 0.05) is 19.0 Å². The van der Waals surface area contributed by atoms with Crippen molar-refractivity contribution in [2.45, 2.75) is 74.7 Å². The highest BCUT2D eigenvalue weighted by molar-refractivity contribution is 7.90. The van der Waals surface area contributed by atoms with Crippen molar-refractivity contribution in [2.24, 2.45) is 28.0 Å². The lowest BCUT2D eigenvalue weighted by Crippen LogP contribution is -2.59. The van der Waals surface area contributed by atoms with Crippen LogP contribution in [0.3, 0.4) is 0 Å². The van der Waals surface area contributed by atoms with Gasteiger partial charge in [0.25, 0.3) is 6.02 Å². The third-order valence-electron chi connectivity index (χ3n) is 9.84. The molecule has 2 saturated heterocycles. The molecule has 10 nitrogen and oxygen atoms in total. The van der Waals surface area contributed by atoms with E-state index in [4.69, 9.17) is 15.5 Å². The number of aliphatic imine (C=N–C) groups is 1. The second-order valence-corrected chi connectivity index (χ2v) is 16.8. The van der Waals surface area contributed by atoms with E-state index in [0.29, 0.717) is 37.4 Å². The van der Waals surface area contributed by atoms with Gasteiger partial charge in [-0.2, -0.15) is 0 Å². The number of hydrogen-bond donors (Lipinski definition) is 2. The quantitative estimate of drug-likeness (QED) is 0.521. The number of carbonyl (C=O) groups excluding carboxylic acids is 1. The number of hydrogen-bond acceptors (Lipinski definition) is 7. The smallest absolute Gasteiger partial charge is 0.299 e. The Labute approximate surface area is 228 Å². The number of rotatable bonds is 6. The lowest BCUT2D eigenvalue weighted by Gasteiger charge is -2.41. The van der Waals surface area contributed by atoms with Gasteiger partial charge < -0.3 is 10.5 Å². The molecule has 0 radical (unpaired) electrons. The molecule has 4 aliphatic carbocycles. The lowest BCUT2D eigenvalue weighted by molar-refractivity contribution is -0.130. The maximum Gasteiger partial charge on any atom is 0.299 e. The van der Waals surface area contributed by atoms with Crippen molar-refractivity contribution in [1.82, 2.24) is 9.03 Å². The van der Waals surface area contributed by atoms with Gasteiger partial charge in [0.2, 0.25) is 26.0 Å². The van der Waals surface area contributed by atoms with E-state index in [2.05, 4.69) is 4.72 Å². The van der Waals surface area contributed by atoms with Gasteiger partial charge in [-0.15, -0.1) is 0 Å². The van der Waals surface area contributed by atoms with E-state index in [1.807, 2.05) is 0 Å². The monoisotopic (exact) mass is 582 g/mol. The Morgan fingerprint density at radius 1 is 1.26 bits per heavy atom. The Hall–Kier alpha value is -2.25. The van der Waals surface area contributed by atoms with E-state index in [-0.39, 0.29) is 35.7 Å². The zero-order valence-electron chi connectivity index (χ0n) is 22.3. The van der Waals surface area contributed by atoms with Gasteiger partial charge in [-0.3, -0.25) is 4.79 Å². The summed E-state index contributed by atoms with van der Waals surface area (Å²) in [6.45, 7) is 3.91. The molecule has 4 bridgehead atoms. The molecule has 6 aliphatic rings. The van der Waals surface area contributed by atoms with Crippen molar-refractivity contribution in [3.8, 4) is 0 Å². The zero-order chi connectivity index (χ0) is 28.2. The summed E-state index contributed by atoms with van der Waals surface area (Å²) in [4.78, 5) is 17.1. The van der Waals surface area contributed by atoms with E-state index in [9.17, 15) is 21.6 Å². The fourth-order valence-electron chi connectivity index (χ4n) is 7.93. The number of nitrogens with two attached hydrogens (primary N) is 1. The molecule has 39 heavy (non-hydrogen) atoms. The predicted molar refractivity (Wildman–Crippen MR) is 142 cm³/mol. The second-order valence-electron chi connectivity index (χ2n) is 12.9. The molecule has 3 N–H and O–H groups in total. The number of sulfonamides is 2. The van der Waals surface area contributed by atoms with Gasteiger partial charge in [0.1, 0.15) is 16.7 Å². The van der Waals surface area contributed by atoms with E-state index in [0.717, 1.165) is 25.5 Å². The first-order valence-corrected chi connectivity index (χ1v) is 16.8. The molecule has 214 valence electrons. The van der Waals surface area contributed by atoms with Crippen molar-refractivity contribution in [3.05, 3.63) is 35.1 Å². The molecule has 0 spiro atoms. The molecule has 5 unspecified atom stereocenters. The van der Waals surface area contributed by atoms with E-state index >= 15 is 4.39 Å². The lowest BCUT2D eigenvalue weighted by atomic mass is 9.68. The van der Waals surface area contributed by atoms with Crippen LogP contribution in [0.5, 0.6) is 0 Å². The van der Waals surface area contributed by atoms with E-state index in [1.165, 1.54) is 10.4 Å². The minimum atomic E-state index is -3.98. The van der Waals surface area contributed by atoms with Crippen LogP contribution in [0.1, 0.15) is 63.0 Å². The summed E-state index contributed by atoms with van der Waals surface area (Å²) >= 11 is 0. The number of nitrogens with one attached hydrogen (secondary N) is 1. The minimum absolute atomic E-state index is 0.0692. The first-order chi connectivity index (χ1) is 18.0. The number of amidine groups is 1. The number of benzene rings is 1.